The second-order valence-electron chi connectivity index (χ2n) is 6.04. The van der Waals surface area contributed by atoms with Gasteiger partial charge in [0, 0.05) is 16.3 Å². The third-order valence-corrected chi connectivity index (χ3v) is 5.33. The average molecular weight is 374 g/mol. The first-order chi connectivity index (χ1) is 13.2. The Morgan fingerprint density at radius 3 is 2.59 bits per heavy atom. The van der Waals surface area contributed by atoms with E-state index in [9.17, 15) is 4.79 Å². The molecule has 2 heterocycles. The average Bonchev–Trinajstić information content (AvgIpc) is 3.14. The summed E-state index contributed by atoms with van der Waals surface area (Å²) >= 11 is 1.55. The summed E-state index contributed by atoms with van der Waals surface area (Å²) < 4.78 is 1.28. The smallest absolute Gasteiger partial charge is 0.282 e. The third-order valence-electron chi connectivity index (χ3n) is 4.14. The van der Waals surface area contributed by atoms with E-state index in [-0.39, 0.29) is 5.56 Å². The van der Waals surface area contributed by atoms with Gasteiger partial charge in [0.25, 0.3) is 5.56 Å². The highest BCUT2D eigenvalue weighted by atomic mass is 32.1. The predicted octanol–water partition coefficient (Wildman–Crippen LogP) is 4.65. The number of thiophene rings is 1. The summed E-state index contributed by atoms with van der Waals surface area (Å²) in [6.07, 6.45) is 4.03. The van der Waals surface area contributed by atoms with E-state index < -0.39 is 0 Å². The fraction of sp³-hybridized carbons (Fsp3) is 0.0952. The maximum absolute atomic E-state index is 12.5. The molecule has 0 unspecified atom stereocenters. The zero-order valence-corrected chi connectivity index (χ0v) is 15.6. The minimum absolute atomic E-state index is 0.144. The number of aryl methyl sites for hydroxylation is 1. The lowest BCUT2D eigenvalue weighted by molar-refractivity contribution is 0.818. The molecule has 0 amide bonds. The number of hydrogen-bond acceptors (Lipinski definition) is 5. The summed E-state index contributed by atoms with van der Waals surface area (Å²) in [5.41, 5.74) is 2.78. The van der Waals surface area contributed by atoms with Crippen LogP contribution < -0.4 is 10.9 Å². The molecule has 6 heteroatoms. The fourth-order valence-corrected chi connectivity index (χ4v) is 3.61. The van der Waals surface area contributed by atoms with Crippen LogP contribution in [0.5, 0.6) is 0 Å². The van der Waals surface area contributed by atoms with E-state index in [4.69, 9.17) is 0 Å². The fourth-order valence-electron chi connectivity index (χ4n) is 2.69. The zero-order chi connectivity index (χ0) is 18.6. The van der Waals surface area contributed by atoms with Gasteiger partial charge >= 0.3 is 0 Å². The van der Waals surface area contributed by atoms with Crippen molar-refractivity contribution in [1.29, 1.82) is 0 Å². The summed E-state index contributed by atoms with van der Waals surface area (Å²) in [6.45, 7) is 2.07. The van der Waals surface area contributed by atoms with Crippen LogP contribution >= 0.6 is 11.3 Å². The van der Waals surface area contributed by atoms with Gasteiger partial charge in [-0.2, -0.15) is 9.78 Å². The summed E-state index contributed by atoms with van der Waals surface area (Å²) in [5, 5.41) is 8.23. The summed E-state index contributed by atoms with van der Waals surface area (Å²) in [6, 6.07) is 19.8. The number of nitrogens with zero attached hydrogens (tertiary/aromatic N) is 3. The lowest BCUT2D eigenvalue weighted by atomic mass is 10.2. The van der Waals surface area contributed by atoms with Crippen LogP contribution in [0.4, 0.5) is 11.4 Å². The highest BCUT2D eigenvalue weighted by Crippen LogP contribution is 2.21. The van der Waals surface area contributed by atoms with Crippen molar-refractivity contribution in [3.63, 3.8) is 0 Å². The summed E-state index contributed by atoms with van der Waals surface area (Å²) in [7, 11) is 0. The van der Waals surface area contributed by atoms with Crippen LogP contribution in [0.3, 0.4) is 0 Å². The van der Waals surface area contributed by atoms with E-state index >= 15 is 0 Å². The molecule has 0 aliphatic rings. The van der Waals surface area contributed by atoms with Gasteiger partial charge in [0.2, 0.25) is 0 Å². The molecule has 0 bridgehead atoms. The van der Waals surface area contributed by atoms with Crippen LogP contribution in [0.15, 0.2) is 76.9 Å². The van der Waals surface area contributed by atoms with Gasteiger partial charge in [-0.25, -0.2) is 4.98 Å². The van der Waals surface area contributed by atoms with E-state index in [1.807, 2.05) is 60.7 Å². The Balaban J connectivity index is 1.53. The van der Waals surface area contributed by atoms with Gasteiger partial charge in [-0.1, -0.05) is 37.3 Å². The zero-order valence-electron chi connectivity index (χ0n) is 14.8. The second kappa shape index (κ2) is 7.55. The standard InChI is InChI=1S/C21H18N4OS/c1-2-18-12-19-20(27-18)22-14-25(21(19)26)23-13-15-8-10-17(11-9-15)24-16-6-4-3-5-7-16/h3-14,24H,2H2,1H3/b23-13-. The summed E-state index contributed by atoms with van der Waals surface area (Å²) in [4.78, 5) is 18.8. The van der Waals surface area contributed by atoms with Gasteiger partial charge in [-0.3, -0.25) is 4.79 Å². The quantitative estimate of drug-likeness (QED) is 0.518. The Labute approximate surface area is 160 Å². The molecule has 4 aromatic rings. The topological polar surface area (TPSA) is 59.3 Å². The number of rotatable bonds is 5. The number of anilines is 2. The van der Waals surface area contributed by atoms with Gasteiger partial charge in [-0.15, -0.1) is 11.3 Å². The molecule has 0 spiro atoms. The van der Waals surface area contributed by atoms with Crippen LogP contribution in [0.2, 0.25) is 0 Å². The molecule has 0 saturated heterocycles. The van der Waals surface area contributed by atoms with Crippen molar-refractivity contribution in [3.8, 4) is 0 Å². The van der Waals surface area contributed by atoms with E-state index in [1.54, 1.807) is 17.6 Å². The molecule has 0 aliphatic heterocycles. The SMILES string of the molecule is CCc1cc2c(=O)n(/N=C\c3ccc(Nc4ccccc4)cc3)cnc2s1. The monoisotopic (exact) mass is 374 g/mol. The van der Waals surface area contributed by atoms with Crippen LogP contribution in [0.1, 0.15) is 17.4 Å². The molecule has 0 fully saturated rings. The van der Waals surface area contributed by atoms with Gasteiger partial charge in [0.15, 0.2) is 0 Å². The van der Waals surface area contributed by atoms with Crippen molar-refractivity contribution in [2.24, 2.45) is 5.10 Å². The Bertz CT molecular complexity index is 1140. The molecule has 4 rings (SSSR count). The first-order valence-corrected chi connectivity index (χ1v) is 9.51. The van der Waals surface area contributed by atoms with Crippen LogP contribution in [0.25, 0.3) is 10.2 Å². The highest BCUT2D eigenvalue weighted by Gasteiger charge is 2.07. The van der Waals surface area contributed by atoms with E-state index in [2.05, 4.69) is 22.3 Å². The predicted molar refractivity (Wildman–Crippen MR) is 112 cm³/mol. The van der Waals surface area contributed by atoms with Crippen molar-refractivity contribution in [1.82, 2.24) is 9.66 Å². The molecule has 134 valence electrons. The number of hydrogen-bond donors (Lipinski definition) is 1. The number of fused-ring (bicyclic) bond motifs is 1. The Kier molecular flexibility index (Phi) is 4.80. The lowest BCUT2D eigenvalue weighted by Gasteiger charge is -2.06. The largest absolute Gasteiger partial charge is 0.356 e. The molecule has 27 heavy (non-hydrogen) atoms. The molecule has 1 N–H and O–H groups in total. The molecule has 0 atom stereocenters. The van der Waals surface area contributed by atoms with Crippen molar-refractivity contribution < 1.29 is 0 Å². The third kappa shape index (κ3) is 3.80. The van der Waals surface area contributed by atoms with E-state index in [0.717, 1.165) is 33.1 Å². The number of aromatic nitrogens is 2. The van der Waals surface area contributed by atoms with Crippen molar-refractivity contribution in [2.75, 3.05) is 5.32 Å². The molecule has 0 radical (unpaired) electrons. The van der Waals surface area contributed by atoms with Crippen molar-refractivity contribution >= 4 is 39.1 Å². The van der Waals surface area contributed by atoms with Crippen LogP contribution in [-0.4, -0.2) is 15.9 Å². The second-order valence-corrected chi connectivity index (χ2v) is 7.15. The molecular weight excluding hydrogens is 356 g/mol. The Morgan fingerprint density at radius 2 is 1.85 bits per heavy atom. The maximum Gasteiger partial charge on any atom is 0.282 e. The van der Waals surface area contributed by atoms with Crippen LogP contribution in [-0.2, 0) is 6.42 Å². The first-order valence-electron chi connectivity index (χ1n) is 8.69. The van der Waals surface area contributed by atoms with Gasteiger partial charge in [-0.05, 0) is 42.3 Å². The maximum atomic E-state index is 12.5. The Hall–Kier alpha value is -3.25. The van der Waals surface area contributed by atoms with Crippen molar-refractivity contribution in [3.05, 3.63) is 87.8 Å². The molecule has 2 aromatic heterocycles. The molecular formula is C21H18N4OS. The molecule has 0 saturated carbocycles. The van der Waals surface area contributed by atoms with Gasteiger partial charge in [0.05, 0.1) is 11.6 Å². The van der Waals surface area contributed by atoms with E-state index in [0.29, 0.717) is 5.39 Å². The summed E-state index contributed by atoms with van der Waals surface area (Å²) in [5.74, 6) is 0. The molecule has 0 aliphatic carbocycles. The van der Waals surface area contributed by atoms with Gasteiger partial charge < -0.3 is 5.32 Å². The number of para-hydroxylation sites is 1. The number of benzene rings is 2. The van der Waals surface area contributed by atoms with Crippen LogP contribution in [0, 0.1) is 0 Å². The highest BCUT2D eigenvalue weighted by molar-refractivity contribution is 7.18. The molecule has 5 nitrogen and oxygen atoms in total. The molecule has 2 aromatic carbocycles. The minimum Gasteiger partial charge on any atom is -0.356 e. The first kappa shape index (κ1) is 17.2. The van der Waals surface area contributed by atoms with Gasteiger partial charge in [0.1, 0.15) is 11.2 Å². The number of nitrogens with one attached hydrogen (secondary N) is 1. The normalized spacial score (nSPS) is 11.3. The Morgan fingerprint density at radius 1 is 1.11 bits per heavy atom. The van der Waals surface area contributed by atoms with Crippen molar-refractivity contribution in [2.45, 2.75) is 13.3 Å². The lowest BCUT2D eigenvalue weighted by Crippen LogP contribution is -2.16. The van der Waals surface area contributed by atoms with E-state index in [1.165, 1.54) is 11.0 Å². The minimum atomic E-state index is -0.144.